The minimum absolute atomic E-state index is 0.232. The molecule has 2 amide bonds. The number of furan rings is 1. The van der Waals surface area contributed by atoms with Gasteiger partial charge < -0.3 is 4.42 Å². The Bertz CT molecular complexity index is 1390. The predicted molar refractivity (Wildman–Crippen MR) is 129 cm³/mol. The van der Waals surface area contributed by atoms with Crippen LogP contribution in [-0.2, 0) is 6.42 Å². The van der Waals surface area contributed by atoms with E-state index in [0.29, 0.717) is 45.6 Å². The molecule has 2 aromatic heterocycles. The third-order valence-corrected chi connectivity index (χ3v) is 6.61. The molecule has 7 nitrogen and oxygen atoms in total. The van der Waals surface area contributed by atoms with E-state index in [1.165, 1.54) is 11.3 Å². The van der Waals surface area contributed by atoms with E-state index in [2.05, 4.69) is 20.8 Å². The monoisotopic (exact) mass is 478 g/mol. The fraction of sp³-hybridized carbons (Fsp3) is 0.167. The highest BCUT2D eigenvalue weighted by Crippen LogP contribution is 2.31. The number of carbonyl (C=O) groups excluding carboxylic acids is 2. The van der Waals surface area contributed by atoms with E-state index >= 15 is 0 Å². The zero-order valence-electron chi connectivity index (χ0n) is 17.6. The fourth-order valence-electron chi connectivity index (χ4n) is 3.89. The minimum Gasteiger partial charge on any atom is -0.455 e. The Morgan fingerprint density at radius 1 is 1.12 bits per heavy atom. The standard InChI is InChI=1S/C24H19ClN4O3S/c1-13-20-17(28-29-22(30)14-6-4-7-15(25)12-14)9-5-10-18(20)32-21(13)23(31)27-24-26-16-8-2-3-11-19(16)33-24/h2-4,6-8,11-12H,5,9-10H2,1H3,(H,29,30)(H,26,27,31)/b28-17+. The van der Waals surface area contributed by atoms with Gasteiger partial charge in [0, 0.05) is 28.1 Å². The van der Waals surface area contributed by atoms with Crippen LogP contribution in [0.5, 0.6) is 0 Å². The summed E-state index contributed by atoms with van der Waals surface area (Å²) in [7, 11) is 0. The maximum absolute atomic E-state index is 13.0. The maximum Gasteiger partial charge on any atom is 0.293 e. The van der Waals surface area contributed by atoms with Gasteiger partial charge in [-0.15, -0.1) is 0 Å². The van der Waals surface area contributed by atoms with Crippen LogP contribution in [0, 0.1) is 6.92 Å². The summed E-state index contributed by atoms with van der Waals surface area (Å²) >= 11 is 7.38. The van der Waals surface area contributed by atoms with E-state index in [9.17, 15) is 9.59 Å². The number of rotatable bonds is 4. The normalized spacial score (nSPS) is 14.3. The molecule has 2 aromatic carbocycles. The number of amides is 2. The van der Waals surface area contributed by atoms with Crippen LogP contribution in [0.1, 0.15) is 50.6 Å². The van der Waals surface area contributed by atoms with Crippen LogP contribution in [-0.4, -0.2) is 22.5 Å². The summed E-state index contributed by atoms with van der Waals surface area (Å²) in [5.74, 6) is 0.217. The lowest BCUT2D eigenvalue weighted by molar-refractivity contribution is 0.0953. The van der Waals surface area contributed by atoms with Crippen LogP contribution in [0.2, 0.25) is 5.02 Å². The first-order chi connectivity index (χ1) is 16.0. The van der Waals surface area contributed by atoms with Gasteiger partial charge in [-0.25, -0.2) is 10.4 Å². The van der Waals surface area contributed by atoms with Gasteiger partial charge in [0.2, 0.25) is 0 Å². The molecule has 0 unspecified atom stereocenters. The Balaban J connectivity index is 1.38. The third-order valence-electron chi connectivity index (χ3n) is 5.43. The summed E-state index contributed by atoms with van der Waals surface area (Å²) in [6.07, 6.45) is 2.18. The highest BCUT2D eigenvalue weighted by Gasteiger charge is 2.28. The zero-order valence-corrected chi connectivity index (χ0v) is 19.2. The topological polar surface area (TPSA) is 96.6 Å². The number of hydrazone groups is 1. The lowest BCUT2D eigenvalue weighted by Gasteiger charge is -2.13. The van der Waals surface area contributed by atoms with E-state index in [4.69, 9.17) is 16.0 Å². The molecular formula is C24H19ClN4O3S. The molecule has 1 aliphatic rings. The van der Waals surface area contributed by atoms with Crippen LogP contribution in [0.3, 0.4) is 0 Å². The lowest BCUT2D eigenvalue weighted by Crippen LogP contribution is -2.22. The Labute approximate surface area is 198 Å². The average molecular weight is 479 g/mol. The van der Waals surface area contributed by atoms with Crippen LogP contribution >= 0.6 is 22.9 Å². The molecule has 9 heteroatoms. The van der Waals surface area contributed by atoms with Gasteiger partial charge in [0.15, 0.2) is 10.9 Å². The highest BCUT2D eigenvalue weighted by atomic mass is 35.5. The molecule has 5 rings (SSSR count). The van der Waals surface area contributed by atoms with Gasteiger partial charge in [-0.05, 0) is 50.1 Å². The second kappa shape index (κ2) is 8.80. The molecule has 2 heterocycles. The Kier molecular flexibility index (Phi) is 5.70. The number of carbonyl (C=O) groups is 2. The molecule has 166 valence electrons. The van der Waals surface area contributed by atoms with Gasteiger partial charge in [-0.3, -0.25) is 14.9 Å². The van der Waals surface area contributed by atoms with Crippen LogP contribution < -0.4 is 10.7 Å². The van der Waals surface area contributed by atoms with Crippen molar-refractivity contribution in [2.24, 2.45) is 5.10 Å². The summed E-state index contributed by atoms with van der Waals surface area (Å²) in [6, 6.07) is 14.4. The number of benzene rings is 2. The molecule has 2 N–H and O–H groups in total. The van der Waals surface area contributed by atoms with Gasteiger partial charge in [0.05, 0.1) is 15.9 Å². The maximum atomic E-state index is 13.0. The molecule has 4 aromatic rings. The van der Waals surface area contributed by atoms with Crippen LogP contribution in [0.4, 0.5) is 5.13 Å². The predicted octanol–water partition coefficient (Wildman–Crippen LogP) is 5.57. The number of halogens is 1. The molecule has 0 saturated carbocycles. The number of nitrogens with one attached hydrogen (secondary N) is 2. The van der Waals surface area contributed by atoms with E-state index in [-0.39, 0.29) is 17.6 Å². The second-order valence-corrected chi connectivity index (χ2v) is 9.13. The molecule has 0 bridgehead atoms. The van der Waals surface area contributed by atoms with Crippen molar-refractivity contribution in [1.29, 1.82) is 0 Å². The van der Waals surface area contributed by atoms with E-state index in [0.717, 1.165) is 22.2 Å². The van der Waals surface area contributed by atoms with Crippen molar-refractivity contribution in [3.05, 3.63) is 81.8 Å². The summed E-state index contributed by atoms with van der Waals surface area (Å²) in [4.78, 5) is 29.9. The number of thiazole rings is 1. The van der Waals surface area contributed by atoms with E-state index in [1.54, 1.807) is 24.3 Å². The molecule has 0 aliphatic heterocycles. The minimum atomic E-state index is -0.358. The molecule has 33 heavy (non-hydrogen) atoms. The van der Waals surface area contributed by atoms with Crippen molar-refractivity contribution in [2.75, 3.05) is 5.32 Å². The summed E-state index contributed by atoms with van der Waals surface area (Å²) in [6.45, 7) is 1.83. The number of para-hydroxylation sites is 1. The molecule has 0 radical (unpaired) electrons. The number of anilines is 1. The number of aromatic nitrogens is 1. The SMILES string of the molecule is Cc1c(C(=O)Nc2nc3ccccc3s2)oc2c1/C(=N/NC(=O)c1cccc(Cl)c1)CCC2. The van der Waals surface area contributed by atoms with Gasteiger partial charge in [-0.1, -0.05) is 41.1 Å². The van der Waals surface area contributed by atoms with Crippen LogP contribution in [0.25, 0.3) is 10.2 Å². The number of nitrogens with zero attached hydrogens (tertiary/aromatic N) is 2. The quantitative estimate of drug-likeness (QED) is 0.374. The first-order valence-electron chi connectivity index (χ1n) is 10.4. The average Bonchev–Trinajstić information content (AvgIpc) is 3.38. The van der Waals surface area contributed by atoms with E-state index < -0.39 is 0 Å². The molecule has 0 fully saturated rings. The van der Waals surface area contributed by atoms with Crippen molar-refractivity contribution < 1.29 is 14.0 Å². The lowest BCUT2D eigenvalue weighted by atomic mass is 9.93. The van der Waals surface area contributed by atoms with Crippen molar-refractivity contribution in [3.63, 3.8) is 0 Å². The Morgan fingerprint density at radius 3 is 2.79 bits per heavy atom. The van der Waals surface area contributed by atoms with Crippen molar-refractivity contribution in [3.8, 4) is 0 Å². The van der Waals surface area contributed by atoms with Gasteiger partial charge in [0.1, 0.15) is 5.76 Å². The molecule has 1 aliphatic carbocycles. The number of aryl methyl sites for hydroxylation is 1. The van der Waals surface area contributed by atoms with Crippen LogP contribution in [0.15, 0.2) is 58.0 Å². The molecular weight excluding hydrogens is 460 g/mol. The van der Waals surface area contributed by atoms with Crippen molar-refractivity contribution in [1.82, 2.24) is 10.4 Å². The summed E-state index contributed by atoms with van der Waals surface area (Å²) < 4.78 is 6.93. The van der Waals surface area contributed by atoms with E-state index in [1.807, 2.05) is 31.2 Å². The smallest absolute Gasteiger partial charge is 0.293 e. The summed E-state index contributed by atoms with van der Waals surface area (Å²) in [5, 5.41) is 8.18. The summed E-state index contributed by atoms with van der Waals surface area (Å²) in [5.41, 5.74) is 6.01. The first kappa shape index (κ1) is 21.4. The largest absolute Gasteiger partial charge is 0.455 e. The third kappa shape index (κ3) is 4.27. The Morgan fingerprint density at radius 2 is 1.97 bits per heavy atom. The van der Waals surface area contributed by atoms with Crippen molar-refractivity contribution >= 4 is 55.8 Å². The molecule has 0 saturated heterocycles. The Hall–Kier alpha value is -3.49. The highest BCUT2D eigenvalue weighted by molar-refractivity contribution is 7.22. The zero-order chi connectivity index (χ0) is 22.9. The van der Waals surface area contributed by atoms with Gasteiger partial charge in [-0.2, -0.15) is 5.10 Å². The molecule has 0 spiro atoms. The number of fused-ring (bicyclic) bond motifs is 2. The fourth-order valence-corrected chi connectivity index (χ4v) is 4.94. The van der Waals surface area contributed by atoms with Gasteiger partial charge in [0.25, 0.3) is 11.8 Å². The molecule has 0 atom stereocenters. The van der Waals surface area contributed by atoms with Crippen molar-refractivity contribution in [2.45, 2.75) is 26.2 Å². The number of hydrogen-bond acceptors (Lipinski definition) is 6. The number of hydrogen-bond donors (Lipinski definition) is 2. The van der Waals surface area contributed by atoms with Gasteiger partial charge >= 0.3 is 0 Å². The second-order valence-electron chi connectivity index (χ2n) is 7.66. The first-order valence-corrected chi connectivity index (χ1v) is 11.6.